The Morgan fingerprint density at radius 1 is 0.778 bits per heavy atom. The number of fused-ring (bicyclic) bond motifs is 4. The number of ether oxygens (including phenoxy) is 1. The molecule has 0 aromatic carbocycles. The molecule has 4 bridgehead atoms. The molecular formula is C20H22O7. The first-order chi connectivity index (χ1) is 12.5. The van der Waals surface area contributed by atoms with Gasteiger partial charge in [-0.2, -0.15) is 0 Å². The Morgan fingerprint density at radius 2 is 1.15 bits per heavy atom. The highest BCUT2D eigenvalue weighted by atomic mass is 16.6. The fourth-order valence-electron chi connectivity index (χ4n) is 5.95. The topological polar surface area (TPSA) is 118 Å². The molecule has 27 heavy (non-hydrogen) atoms. The van der Waals surface area contributed by atoms with Gasteiger partial charge in [0.15, 0.2) is 10.8 Å². The first-order valence-electron chi connectivity index (χ1n) is 9.13. The summed E-state index contributed by atoms with van der Waals surface area (Å²) >= 11 is 0. The monoisotopic (exact) mass is 374 g/mol. The van der Waals surface area contributed by atoms with Crippen LogP contribution in [0.5, 0.6) is 0 Å². The van der Waals surface area contributed by atoms with Crippen molar-refractivity contribution in [3.8, 4) is 0 Å². The molecule has 4 rings (SSSR count). The van der Waals surface area contributed by atoms with Crippen molar-refractivity contribution >= 4 is 23.9 Å². The van der Waals surface area contributed by atoms with Crippen molar-refractivity contribution < 1.29 is 34.1 Å². The van der Waals surface area contributed by atoms with Crippen molar-refractivity contribution in [2.45, 2.75) is 39.5 Å². The van der Waals surface area contributed by atoms with E-state index in [4.69, 9.17) is 4.74 Å². The second-order valence-electron chi connectivity index (χ2n) is 8.99. The van der Waals surface area contributed by atoms with Crippen molar-refractivity contribution in [3.05, 3.63) is 24.3 Å². The van der Waals surface area contributed by atoms with Gasteiger partial charge in [0.2, 0.25) is 0 Å². The molecule has 2 N–H and O–H groups in total. The van der Waals surface area contributed by atoms with Crippen molar-refractivity contribution in [2.24, 2.45) is 33.5 Å². The zero-order valence-corrected chi connectivity index (χ0v) is 15.2. The van der Waals surface area contributed by atoms with Gasteiger partial charge in [-0.15, -0.1) is 0 Å². The Labute approximate surface area is 156 Å². The van der Waals surface area contributed by atoms with Gasteiger partial charge in [-0.3, -0.25) is 19.2 Å². The van der Waals surface area contributed by atoms with Crippen LogP contribution in [0.25, 0.3) is 0 Å². The first kappa shape index (κ1) is 17.9. The minimum absolute atomic E-state index is 0.0569. The number of esters is 2. The predicted octanol–water partition coefficient (Wildman–Crippen LogP) is 2.17. The fraction of sp³-hybridized carbons (Fsp3) is 0.600. The molecule has 0 heterocycles. The predicted molar refractivity (Wildman–Crippen MR) is 91.2 cm³/mol. The Bertz CT molecular complexity index is 773. The van der Waals surface area contributed by atoms with Crippen LogP contribution in [-0.4, -0.2) is 34.1 Å². The normalized spacial score (nSPS) is 46.0. The average Bonchev–Trinajstić information content (AvgIpc) is 3.28. The summed E-state index contributed by atoms with van der Waals surface area (Å²) < 4.78 is 5.08. The minimum Gasteiger partial charge on any atom is -0.480 e. The summed E-state index contributed by atoms with van der Waals surface area (Å²) in [4.78, 5) is 50.1. The Balaban J connectivity index is 1.68. The van der Waals surface area contributed by atoms with Crippen LogP contribution in [0.15, 0.2) is 24.3 Å². The van der Waals surface area contributed by atoms with Crippen molar-refractivity contribution in [2.75, 3.05) is 0 Å². The highest BCUT2D eigenvalue weighted by Gasteiger charge is 2.70. The number of aliphatic carboxylic acids is 2. The molecule has 7 heteroatoms. The van der Waals surface area contributed by atoms with Crippen LogP contribution in [0.1, 0.15) is 39.5 Å². The smallest absolute Gasteiger partial charge is 0.332 e. The molecule has 2 fully saturated rings. The molecule has 0 saturated heterocycles. The zero-order valence-electron chi connectivity index (χ0n) is 15.2. The lowest BCUT2D eigenvalue weighted by Gasteiger charge is -2.39. The molecule has 7 nitrogen and oxygen atoms in total. The van der Waals surface area contributed by atoms with Gasteiger partial charge >= 0.3 is 23.9 Å². The third-order valence-corrected chi connectivity index (χ3v) is 7.54. The summed E-state index contributed by atoms with van der Waals surface area (Å²) in [6.45, 7) is 3.34. The number of carboxylic acids is 2. The highest BCUT2D eigenvalue weighted by Crippen LogP contribution is 2.63. The third-order valence-electron chi connectivity index (χ3n) is 7.54. The first-order valence-corrected chi connectivity index (χ1v) is 9.13. The van der Waals surface area contributed by atoms with Gasteiger partial charge in [0.1, 0.15) is 0 Å². The standard InChI is InChI=1S/C20H22O7/c1-17-5-3-11(7-17)9-19(17,13(21)22)15(25)27-16(26)20(14(23)24)10-12-4-6-18(20,2)8-12/h3-6,11-12H,7-10H2,1-2H3,(H,21,22)(H,23,24). The van der Waals surface area contributed by atoms with Gasteiger partial charge in [0, 0.05) is 10.8 Å². The Kier molecular flexibility index (Phi) is 3.38. The Morgan fingerprint density at radius 3 is 1.37 bits per heavy atom. The van der Waals surface area contributed by atoms with Gasteiger partial charge in [0.05, 0.1) is 0 Å². The average molecular weight is 374 g/mol. The molecule has 4 aliphatic carbocycles. The lowest BCUT2D eigenvalue weighted by Crippen LogP contribution is -2.54. The van der Waals surface area contributed by atoms with E-state index in [0.29, 0.717) is 12.8 Å². The molecule has 0 spiro atoms. The van der Waals surface area contributed by atoms with E-state index in [1.54, 1.807) is 26.0 Å². The van der Waals surface area contributed by atoms with E-state index >= 15 is 0 Å². The van der Waals surface area contributed by atoms with E-state index in [1.807, 2.05) is 12.2 Å². The zero-order chi connectivity index (χ0) is 19.8. The van der Waals surface area contributed by atoms with E-state index in [2.05, 4.69) is 0 Å². The molecule has 0 aromatic heterocycles. The van der Waals surface area contributed by atoms with Gasteiger partial charge in [-0.1, -0.05) is 38.2 Å². The van der Waals surface area contributed by atoms with Crippen LogP contribution in [0.2, 0.25) is 0 Å². The van der Waals surface area contributed by atoms with Crippen molar-refractivity contribution in [1.29, 1.82) is 0 Å². The molecule has 0 radical (unpaired) electrons. The molecule has 6 unspecified atom stereocenters. The van der Waals surface area contributed by atoms with E-state index in [-0.39, 0.29) is 24.7 Å². The number of allylic oxidation sites excluding steroid dienone is 4. The summed E-state index contributed by atoms with van der Waals surface area (Å²) in [7, 11) is 0. The quantitative estimate of drug-likeness (QED) is 0.440. The lowest BCUT2D eigenvalue weighted by molar-refractivity contribution is -0.188. The third kappa shape index (κ3) is 1.92. The van der Waals surface area contributed by atoms with E-state index in [9.17, 15) is 29.4 Å². The molecule has 4 aliphatic rings. The number of rotatable bonds is 4. The largest absolute Gasteiger partial charge is 0.480 e. The van der Waals surface area contributed by atoms with Crippen molar-refractivity contribution in [3.63, 3.8) is 0 Å². The number of hydrogen-bond acceptors (Lipinski definition) is 5. The van der Waals surface area contributed by atoms with Gasteiger partial charge in [-0.25, -0.2) is 0 Å². The molecule has 0 amide bonds. The van der Waals surface area contributed by atoms with E-state index in [0.717, 1.165) is 0 Å². The van der Waals surface area contributed by atoms with E-state index in [1.165, 1.54) is 0 Å². The van der Waals surface area contributed by atoms with Gasteiger partial charge in [0.25, 0.3) is 0 Å². The van der Waals surface area contributed by atoms with Gasteiger partial charge < -0.3 is 14.9 Å². The van der Waals surface area contributed by atoms with Crippen LogP contribution >= 0.6 is 0 Å². The lowest BCUT2D eigenvalue weighted by atomic mass is 9.65. The van der Waals surface area contributed by atoms with Crippen LogP contribution in [-0.2, 0) is 23.9 Å². The fourth-order valence-corrected chi connectivity index (χ4v) is 5.95. The molecule has 6 atom stereocenters. The minimum atomic E-state index is -1.86. The summed E-state index contributed by atoms with van der Waals surface area (Å²) in [5.74, 6) is -5.10. The van der Waals surface area contributed by atoms with Crippen LogP contribution in [0.4, 0.5) is 0 Å². The van der Waals surface area contributed by atoms with Crippen LogP contribution < -0.4 is 0 Å². The van der Waals surface area contributed by atoms with E-state index < -0.39 is 45.5 Å². The summed E-state index contributed by atoms with van der Waals surface area (Å²) in [6.07, 6.45) is 8.28. The maximum absolute atomic E-state index is 13.0. The molecule has 0 aromatic rings. The summed E-state index contributed by atoms with van der Waals surface area (Å²) in [5.41, 5.74) is -5.63. The van der Waals surface area contributed by atoms with Crippen LogP contribution in [0, 0.1) is 33.5 Å². The second-order valence-corrected chi connectivity index (χ2v) is 8.99. The number of carbonyl (C=O) groups is 4. The molecular weight excluding hydrogens is 352 g/mol. The number of carbonyl (C=O) groups excluding carboxylic acids is 2. The SMILES string of the molecule is CC12C=CC(C1)CC2(C(=O)O)C(=O)OC(=O)C1(C(=O)O)CC2C=CC1(C)C2. The molecule has 0 aliphatic heterocycles. The number of carboxylic acid groups (broad SMARTS) is 2. The van der Waals surface area contributed by atoms with Crippen molar-refractivity contribution in [1.82, 2.24) is 0 Å². The summed E-state index contributed by atoms with van der Waals surface area (Å²) in [5, 5.41) is 19.7. The highest BCUT2D eigenvalue weighted by molar-refractivity contribution is 6.09. The Hall–Kier alpha value is -2.44. The summed E-state index contributed by atoms with van der Waals surface area (Å²) in [6, 6.07) is 0. The van der Waals surface area contributed by atoms with Gasteiger partial charge in [-0.05, 0) is 37.5 Å². The second kappa shape index (κ2) is 5.09. The number of hydrogen-bond donors (Lipinski definition) is 2. The molecule has 144 valence electrons. The maximum atomic E-state index is 13.0. The molecule has 2 saturated carbocycles. The maximum Gasteiger partial charge on any atom is 0.332 e. The van der Waals surface area contributed by atoms with Crippen LogP contribution in [0.3, 0.4) is 0 Å².